The van der Waals surface area contributed by atoms with Gasteiger partial charge in [-0.2, -0.15) is 5.26 Å². The van der Waals surface area contributed by atoms with Crippen LogP contribution in [0.5, 0.6) is 0 Å². The number of nitrogen functional groups attached to an aromatic ring is 1. The summed E-state index contributed by atoms with van der Waals surface area (Å²) in [4.78, 5) is 1.56. The summed E-state index contributed by atoms with van der Waals surface area (Å²) >= 11 is 1.40. The normalized spacial score (nSPS) is 10.1. The van der Waals surface area contributed by atoms with Crippen LogP contribution in [0, 0.1) is 11.3 Å². The van der Waals surface area contributed by atoms with Gasteiger partial charge < -0.3 is 10.2 Å². The summed E-state index contributed by atoms with van der Waals surface area (Å²) in [6, 6.07) is 5.81. The molecule has 4 heteroatoms. The van der Waals surface area contributed by atoms with Crippen molar-refractivity contribution >= 4 is 17.0 Å². The van der Waals surface area contributed by atoms with Gasteiger partial charge in [0.25, 0.3) is 0 Å². The first-order valence-electron chi connectivity index (χ1n) is 4.62. The molecule has 0 aromatic carbocycles. The van der Waals surface area contributed by atoms with Crippen LogP contribution in [-0.2, 0) is 6.42 Å². The van der Waals surface area contributed by atoms with Gasteiger partial charge in [0, 0.05) is 16.9 Å². The van der Waals surface area contributed by atoms with E-state index in [9.17, 15) is 0 Å². The number of anilines is 1. The predicted molar refractivity (Wildman–Crippen MR) is 60.5 cm³/mol. The molecule has 0 unspecified atom stereocenters. The standard InChI is InChI=1S/C11H10N2OS/c1-2-9-7(3-4-14-9)10-5-8(13)11(6-12)15-10/h3-5H,2,13H2,1H3. The molecule has 2 rings (SSSR count). The second kappa shape index (κ2) is 3.79. The van der Waals surface area contributed by atoms with Gasteiger partial charge in [-0.1, -0.05) is 6.92 Å². The average molecular weight is 218 g/mol. The summed E-state index contributed by atoms with van der Waals surface area (Å²) in [6.45, 7) is 2.03. The highest BCUT2D eigenvalue weighted by Crippen LogP contribution is 2.35. The molecule has 3 nitrogen and oxygen atoms in total. The Morgan fingerprint density at radius 1 is 1.60 bits per heavy atom. The number of furan rings is 1. The van der Waals surface area contributed by atoms with Crippen LogP contribution in [0.4, 0.5) is 5.69 Å². The van der Waals surface area contributed by atoms with Gasteiger partial charge in [-0.25, -0.2) is 0 Å². The maximum absolute atomic E-state index is 8.81. The van der Waals surface area contributed by atoms with Crippen LogP contribution in [0.1, 0.15) is 17.6 Å². The second-order valence-corrected chi connectivity index (χ2v) is 4.17. The lowest BCUT2D eigenvalue weighted by Crippen LogP contribution is -1.82. The van der Waals surface area contributed by atoms with Crippen molar-refractivity contribution in [2.45, 2.75) is 13.3 Å². The van der Waals surface area contributed by atoms with Gasteiger partial charge >= 0.3 is 0 Å². The van der Waals surface area contributed by atoms with Gasteiger partial charge in [0.2, 0.25) is 0 Å². The summed E-state index contributed by atoms with van der Waals surface area (Å²) in [6.07, 6.45) is 2.50. The fourth-order valence-corrected chi connectivity index (χ4v) is 2.38. The minimum absolute atomic E-state index is 0.542. The van der Waals surface area contributed by atoms with Crippen LogP contribution in [0.25, 0.3) is 10.4 Å². The number of nitriles is 1. The molecule has 0 spiro atoms. The molecular weight excluding hydrogens is 208 g/mol. The minimum Gasteiger partial charge on any atom is -0.469 e. The monoisotopic (exact) mass is 218 g/mol. The molecule has 0 saturated heterocycles. The lowest BCUT2D eigenvalue weighted by molar-refractivity contribution is 0.517. The van der Waals surface area contributed by atoms with Crippen LogP contribution in [0.2, 0.25) is 0 Å². The molecule has 2 aromatic heterocycles. The first-order valence-corrected chi connectivity index (χ1v) is 5.44. The molecule has 0 fully saturated rings. The van der Waals surface area contributed by atoms with Gasteiger partial charge in [0.15, 0.2) is 0 Å². The Morgan fingerprint density at radius 2 is 2.40 bits per heavy atom. The van der Waals surface area contributed by atoms with E-state index >= 15 is 0 Å². The van der Waals surface area contributed by atoms with Gasteiger partial charge in [0.1, 0.15) is 16.7 Å². The third-order valence-electron chi connectivity index (χ3n) is 2.19. The predicted octanol–water partition coefficient (Wildman–Crippen LogP) is 3.02. The molecule has 0 bridgehead atoms. The highest BCUT2D eigenvalue weighted by Gasteiger charge is 2.12. The van der Waals surface area contributed by atoms with Crippen molar-refractivity contribution in [3.05, 3.63) is 29.0 Å². The van der Waals surface area contributed by atoms with E-state index in [4.69, 9.17) is 15.4 Å². The Morgan fingerprint density at radius 3 is 3.00 bits per heavy atom. The molecule has 2 heterocycles. The van der Waals surface area contributed by atoms with E-state index in [1.165, 1.54) is 11.3 Å². The number of rotatable bonds is 2. The Balaban J connectivity index is 2.51. The Bertz CT molecular complexity index is 519. The molecule has 0 saturated carbocycles. The maximum atomic E-state index is 8.81. The molecule has 0 aliphatic carbocycles. The first-order chi connectivity index (χ1) is 7.26. The van der Waals surface area contributed by atoms with E-state index < -0.39 is 0 Å². The quantitative estimate of drug-likeness (QED) is 0.842. The zero-order valence-corrected chi connectivity index (χ0v) is 9.10. The fraction of sp³-hybridized carbons (Fsp3) is 0.182. The van der Waals surface area contributed by atoms with Crippen LogP contribution in [0.3, 0.4) is 0 Å². The first kappa shape index (κ1) is 9.81. The van der Waals surface area contributed by atoms with Crippen molar-refractivity contribution in [2.75, 3.05) is 5.73 Å². The average Bonchev–Trinajstić information content (AvgIpc) is 2.82. The Hall–Kier alpha value is -1.73. The highest BCUT2D eigenvalue weighted by atomic mass is 32.1. The van der Waals surface area contributed by atoms with Crippen molar-refractivity contribution in [2.24, 2.45) is 0 Å². The number of thiophene rings is 1. The molecule has 0 atom stereocenters. The van der Waals surface area contributed by atoms with Crippen molar-refractivity contribution in [1.29, 1.82) is 5.26 Å². The Labute approximate surface area is 91.8 Å². The molecule has 76 valence electrons. The Kier molecular flexibility index (Phi) is 2.48. The lowest BCUT2D eigenvalue weighted by Gasteiger charge is -1.94. The topological polar surface area (TPSA) is 62.9 Å². The van der Waals surface area contributed by atoms with E-state index in [0.717, 1.165) is 22.6 Å². The zero-order chi connectivity index (χ0) is 10.8. The zero-order valence-electron chi connectivity index (χ0n) is 8.28. The number of nitrogens with two attached hydrogens (primary N) is 1. The van der Waals surface area contributed by atoms with Gasteiger partial charge in [-0.3, -0.25) is 0 Å². The van der Waals surface area contributed by atoms with E-state index in [1.54, 1.807) is 6.26 Å². The minimum atomic E-state index is 0.542. The molecule has 0 radical (unpaired) electrons. The summed E-state index contributed by atoms with van der Waals surface area (Å²) in [5, 5.41) is 8.81. The summed E-state index contributed by atoms with van der Waals surface area (Å²) in [5.74, 6) is 0.931. The van der Waals surface area contributed by atoms with Crippen LogP contribution < -0.4 is 5.73 Å². The molecular formula is C11H10N2OS. The smallest absolute Gasteiger partial charge is 0.128 e. The maximum Gasteiger partial charge on any atom is 0.128 e. The lowest BCUT2D eigenvalue weighted by atomic mass is 10.2. The largest absolute Gasteiger partial charge is 0.469 e. The highest BCUT2D eigenvalue weighted by molar-refractivity contribution is 7.16. The molecule has 0 aliphatic heterocycles. The van der Waals surface area contributed by atoms with Crippen LogP contribution in [0.15, 0.2) is 22.8 Å². The molecule has 0 amide bonds. The third kappa shape index (κ3) is 1.62. The van der Waals surface area contributed by atoms with Crippen molar-refractivity contribution in [3.63, 3.8) is 0 Å². The molecule has 15 heavy (non-hydrogen) atoms. The van der Waals surface area contributed by atoms with Crippen molar-refractivity contribution < 1.29 is 4.42 Å². The molecule has 0 aliphatic rings. The summed E-state index contributed by atoms with van der Waals surface area (Å²) < 4.78 is 5.33. The van der Waals surface area contributed by atoms with Crippen LogP contribution >= 0.6 is 11.3 Å². The molecule has 2 N–H and O–H groups in total. The summed E-state index contributed by atoms with van der Waals surface area (Å²) in [7, 11) is 0. The van der Waals surface area contributed by atoms with Crippen LogP contribution in [-0.4, -0.2) is 0 Å². The number of nitrogens with zero attached hydrogens (tertiary/aromatic N) is 1. The number of aryl methyl sites for hydroxylation is 1. The second-order valence-electron chi connectivity index (χ2n) is 3.12. The summed E-state index contributed by atoms with van der Waals surface area (Å²) in [5.41, 5.74) is 7.29. The van der Waals surface area contributed by atoms with E-state index in [0.29, 0.717) is 10.6 Å². The van der Waals surface area contributed by atoms with Crippen molar-refractivity contribution in [1.82, 2.24) is 0 Å². The third-order valence-corrected chi connectivity index (χ3v) is 3.28. The SMILES string of the molecule is CCc1occc1-c1cc(N)c(C#N)s1. The van der Waals surface area contributed by atoms with E-state index in [2.05, 4.69) is 6.07 Å². The van der Waals surface area contributed by atoms with E-state index in [-0.39, 0.29) is 0 Å². The van der Waals surface area contributed by atoms with Gasteiger partial charge in [0.05, 0.1) is 12.0 Å². The number of hydrogen-bond donors (Lipinski definition) is 1. The number of hydrogen-bond acceptors (Lipinski definition) is 4. The van der Waals surface area contributed by atoms with Gasteiger partial charge in [-0.05, 0) is 12.1 Å². The fourth-order valence-electron chi connectivity index (χ4n) is 1.46. The van der Waals surface area contributed by atoms with E-state index in [1.807, 2.05) is 19.1 Å². The van der Waals surface area contributed by atoms with Gasteiger partial charge in [-0.15, -0.1) is 11.3 Å². The molecule has 2 aromatic rings. The van der Waals surface area contributed by atoms with Crippen molar-refractivity contribution in [3.8, 4) is 16.5 Å².